The van der Waals surface area contributed by atoms with Crippen LogP contribution >= 0.6 is 0 Å². The molecule has 0 unspecified atom stereocenters. The summed E-state index contributed by atoms with van der Waals surface area (Å²) in [5.74, 6) is -2.59. The molecule has 4 rings (SSSR count). The number of rotatable bonds is 12. The maximum absolute atomic E-state index is 13.4. The highest BCUT2D eigenvalue weighted by molar-refractivity contribution is 6.49. The second-order valence-electron chi connectivity index (χ2n) is 10.4. The Bertz CT molecular complexity index is 1380. The average molecular weight is 657 g/mol. The molecule has 2 saturated heterocycles. The topological polar surface area (TPSA) is 261 Å². The van der Waals surface area contributed by atoms with Crippen LogP contribution in [0, 0.1) is 0 Å². The first kappa shape index (κ1) is 35.2. The zero-order valence-corrected chi connectivity index (χ0v) is 24.8. The van der Waals surface area contributed by atoms with Crippen LogP contribution in [0.5, 0.6) is 28.7 Å². The molecule has 17 heteroatoms. The second-order valence-corrected chi connectivity index (χ2v) is 10.4. The molecule has 0 saturated carbocycles. The van der Waals surface area contributed by atoms with Gasteiger partial charge in [0.2, 0.25) is 29.9 Å². The van der Waals surface area contributed by atoms with Crippen LogP contribution in [0.3, 0.4) is 0 Å². The molecule has 2 aromatic rings. The van der Waals surface area contributed by atoms with E-state index in [2.05, 4.69) is 0 Å². The van der Waals surface area contributed by atoms with E-state index in [-0.39, 0.29) is 39.9 Å². The minimum absolute atomic E-state index is 0.0541. The molecule has 2 aromatic carbocycles. The normalized spacial score (nSPS) is 31.1. The molecule has 0 spiro atoms. The number of hydrogen-bond acceptors (Lipinski definition) is 17. The van der Waals surface area contributed by atoms with Crippen LogP contribution in [0.15, 0.2) is 30.3 Å². The lowest BCUT2D eigenvalue weighted by molar-refractivity contribution is -0.277. The molecule has 0 bridgehead atoms. The van der Waals surface area contributed by atoms with Crippen molar-refractivity contribution in [3.63, 3.8) is 0 Å². The van der Waals surface area contributed by atoms with E-state index in [1.165, 1.54) is 45.6 Å². The Morgan fingerprint density at radius 1 is 0.587 bits per heavy atom. The molecule has 0 aliphatic carbocycles. The van der Waals surface area contributed by atoms with E-state index in [0.29, 0.717) is 0 Å². The molecule has 2 aliphatic heterocycles. The van der Waals surface area contributed by atoms with E-state index in [9.17, 15) is 50.4 Å². The number of carbonyl (C=O) groups excluding carboxylic acids is 2. The van der Waals surface area contributed by atoms with Gasteiger partial charge < -0.3 is 74.0 Å². The van der Waals surface area contributed by atoms with Gasteiger partial charge in [0.25, 0.3) is 0 Å². The summed E-state index contributed by atoms with van der Waals surface area (Å²) in [5.41, 5.74) is -0.406. The van der Waals surface area contributed by atoms with Gasteiger partial charge in [0, 0.05) is 11.1 Å². The zero-order chi connectivity index (χ0) is 33.9. The molecule has 2 aliphatic rings. The summed E-state index contributed by atoms with van der Waals surface area (Å²) in [6.45, 7) is -1.39. The largest absolute Gasteiger partial charge is 0.493 e. The van der Waals surface area contributed by atoms with Gasteiger partial charge in [0.15, 0.2) is 23.0 Å². The summed E-state index contributed by atoms with van der Waals surface area (Å²) < 4.78 is 37.9. The molecule has 0 amide bonds. The standard InChI is InChI=1S/C29H36O17/c1-40-14-6-11(4-5-13(14)43-28-25(38)23(36)21(34)17(9-30)45-28)19(32)20(33)12-7-15(41-2)27(42-3)16(8-12)44-29-26(39)24(37)22(35)18(10-31)46-29/h4-8,17-18,21-26,28-31,34-39H,9-10H2,1-3H3/t17-,18-,21-,22-,23+,24+,25-,26-,28-,29-/m1/s1. The Labute approximate surface area is 261 Å². The van der Waals surface area contributed by atoms with Gasteiger partial charge in [-0.2, -0.15) is 0 Å². The number of ether oxygens (including phenoxy) is 7. The monoisotopic (exact) mass is 656 g/mol. The van der Waals surface area contributed by atoms with E-state index in [4.69, 9.17) is 33.2 Å². The van der Waals surface area contributed by atoms with Crippen LogP contribution in [0.25, 0.3) is 0 Å². The van der Waals surface area contributed by atoms with E-state index in [1.807, 2.05) is 0 Å². The number of aliphatic hydroxyl groups is 8. The molecule has 2 fully saturated rings. The molecule has 46 heavy (non-hydrogen) atoms. The van der Waals surface area contributed by atoms with Gasteiger partial charge in [-0.05, 0) is 30.3 Å². The Hall–Kier alpha value is -3.62. The fourth-order valence-corrected chi connectivity index (χ4v) is 4.90. The quantitative estimate of drug-likeness (QED) is 0.0843. The predicted molar refractivity (Wildman–Crippen MR) is 150 cm³/mol. The van der Waals surface area contributed by atoms with Crippen molar-refractivity contribution in [1.29, 1.82) is 0 Å². The Morgan fingerprint density at radius 2 is 1.04 bits per heavy atom. The van der Waals surface area contributed by atoms with Crippen molar-refractivity contribution in [3.8, 4) is 28.7 Å². The number of hydrogen-bond donors (Lipinski definition) is 8. The van der Waals surface area contributed by atoms with Gasteiger partial charge in [0.05, 0.1) is 34.5 Å². The fourth-order valence-electron chi connectivity index (χ4n) is 4.90. The highest BCUT2D eigenvalue weighted by Crippen LogP contribution is 2.41. The van der Waals surface area contributed by atoms with Gasteiger partial charge in [-0.3, -0.25) is 9.59 Å². The van der Waals surface area contributed by atoms with Crippen molar-refractivity contribution in [2.24, 2.45) is 0 Å². The van der Waals surface area contributed by atoms with Gasteiger partial charge in [0.1, 0.15) is 48.8 Å². The van der Waals surface area contributed by atoms with Gasteiger partial charge in [-0.1, -0.05) is 0 Å². The maximum Gasteiger partial charge on any atom is 0.233 e. The third kappa shape index (κ3) is 6.88. The molecule has 10 atom stereocenters. The van der Waals surface area contributed by atoms with Gasteiger partial charge in [-0.15, -0.1) is 0 Å². The minimum atomic E-state index is -1.79. The molecule has 2 heterocycles. The highest BCUT2D eigenvalue weighted by atomic mass is 16.7. The maximum atomic E-state index is 13.4. The molecular formula is C29H36O17. The summed E-state index contributed by atoms with van der Waals surface area (Å²) >= 11 is 0. The lowest BCUT2D eigenvalue weighted by Crippen LogP contribution is -2.60. The molecule has 8 N–H and O–H groups in total. The molecule has 254 valence electrons. The van der Waals surface area contributed by atoms with E-state index >= 15 is 0 Å². The summed E-state index contributed by atoms with van der Waals surface area (Å²) in [7, 11) is 3.75. The number of ketones is 2. The van der Waals surface area contributed by atoms with Crippen molar-refractivity contribution in [1.82, 2.24) is 0 Å². The molecule has 0 aromatic heterocycles. The van der Waals surface area contributed by atoms with Crippen molar-refractivity contribution in [3.05, 3.63) is 41.5 Å². The average Bonchev–Trinajstić information content (AvgIpc) is 3.07. The van der Waals surface area contributed by atoms with E-state index in [1.54, 1.807) is 0 Å². The molecule has 17 nitrogen and oxygen atoms in total. The zero-order valence-electron chi connectivity index (χ0n) is 24.8. The summed E-state index contributed by atoms with van der Waals surface area (Å²) in [5, 5.41) is 79.8. The minimum Gasteiger partial charge on any atom is -0.493 e. The third-order valence-corrected chi connectivity index (χ3v) is 7.52. The third-order valence-electron chi connectivity index (χ3n) is 7.52. The first-order valence-corrected chi connectivity index (χ1v) is 13.9. The number of methoxy groups -OCH3 is 3. The Balaban J connectivity index is 1.59. The van der Waals surface area contributed by atoms with Crippen LogP contribution in [0.2, 0.25) is 0 Å². The van der Waals surface area contributed by atoms with Crippen LogP contribution in [0.4, 0.5) is 0 Å². The summed E-state index contributed by atoms with van der Waals surface area (Å²) in [6, 6.07) is 5.94. The Morgan fingerprint density at radius 3 is 1.52 bits per heavy atom. The second kappa shape index (κ2) is 14.9. The van der Waals surface area contributed by atoms with Gasteiger partial charge >= 0.3 is 0 Å². The number of Topliss-reactive ketones (excluding diaryl/α,β-unsaturated/α-hetero) is 2. The molecule has 0 radical (unpaired) electrons. The first-order valence-electron chi connectivity index (χ1n) is 13.9. The first-order chi connectivity index (χ1) is 21.9. The van der Waals surface area contributed by atoms with Crippen molar-refractivity contribution >= 4 is 11.6 Å². The predicted octanol–water partition coefficient (Wildman–Crippen LogP) is -2.86. The van der Waals surface area contributed by atoms with Crippen molar-refractivity contribution in [2.45, 2.75) is 61.4 Å². The summed E-state index contributed by atoms with van der Waals surface area (Å²) in [4.78, 5) is 26.7. The van der Waals surface area contributed by atoms with E-state index in [0.717, 1.165) is 6.07 Å². The van der Waals surface area contributed by atoms with Gasteiger partial charge in [-0.25, -0.2) is 0 Å². The van der Waals surface area contributed by atoms with Crippen LogP contribution < -0.4 is 23.7 Å². The summed E-state index contributed by atoms with van der Waals surface area (Å²) in [6.07, 6.45) is -15.9. The number of aliphatic hydroxyl groups excluding tert-OH is 8. The van der Waals surface area contributed by atoms with Crippen LogP contribution in [-0.2, 0) is 9.47 Å². The van der Waals surface area contributed by atoms with E-state index < -0.39 is 86.2 Å². The number of carbonyl (C=O) groups is 2. The van der Waals surface area contributed by atoms with Crippen LogP contribution in [-0.4, -0.2) is 148 Å². The molecular weight excluding hydrogens is 620 g/mol. The lowest BCUT2D eigenvalue weighted by Gasteiger charge is -2.39. The SMILES string of the molecule is COc1cc(C(=O)C(=O)c2cc(OC)c(OC)c(O[C@@H]3O[C@H](CO)[C@@H](O)[C@H](O)[C@H]3O)c2)ccc1O[C@@H]1O[C@H](CO)[C@@H](O)[C@H](O)[C@H]1O. The van der Waals surface area contributed by atoms with Crippen molar-refractivity contribution in [2.75, 3.05) is 34.5 Å². The lowest BCUT2D eigenvalue weighted by atomic mass is 9.99. The smallest absolute Gasteiger partial charge is 0.233 e. The van der Waals surface area contributed by atoms with Crippen molar-refractivity contribution < 1.29 is 83.6 Å². The Kier molecular flexibility index (Phi) is 11.4. The highest BCUT2D eigenvalue weighted by Gasteiger charge is 2.46. The fraction of sp³-hybridized carbons (Fsp3) is 0.517. The van der Waals surface area contributed by atoms with Crippen LogP contribution in [0.1, 0.15) is 20.7 Å². The number of benzene rings is 2.